The van der Waals surface area contributed by atoms with Crippen molar-refractivity contribution in [2.45, 2.75) is 44.6 Å². The van der Waals surface area contributed by atoms with E-state index in [2.05, 4.69) is 21.4 Å². The first-order chi connectivity index (χ1) is 15.6. The SMILES string of the molecule is COc1ncc(C2=CCC(OC)CC2)c2sc(NC(=O)N3CC[C@]4(CCCOC4)C3)nc12. The van der Waals surface area contributed by atoms with Crippen LogP contribution in [0.15, 0.2) is 12.3 Å². The Morgan fingerprint density at radius 1 is 1.38 bits per heavy atom. The average Bonchev–Trinajstić information content (AvgIpc) is 3.43. The van der Waals surface area contributed by atoms with Crippen LogP contribution in [0.5, 0.6) is 5.88 Å². The minimum Gasteiger partial charge on any atom is -0.479 e. The molecule has 2 aromatic heterocycles. The summed E-state index contributed by atoms with van der Waals surface area (Å²) in [5.74, 6) is 0.478. The van der Waals surface area contributed by atoms with E-state index in [1.165, 1.54) is 16.9 Å². The number of pyridine rings is 1. The zero-order chi connectivity index (χ0) is 22.1. The number of fused-ring (bicyclic) bond motifs is 1. The largest absolute Gasteiger partial charge is 0.479 e. The summed E-state index contributed by atoms with van der Waals surface area (Å²) in [7, 11) is 3.36. The Balaban J connectivity index is 1.37. The first-order valence-electron chi connectivity index (χ1n) is 11.3. The maximum atomic E-state index is 13.0. The van der Waals surface area contributed by atoms with Crippen LogP contribution in [0, 0.1) is 5.41 Å². The van der Waals surface area contributed by atoms with Crippen LogP contribution in [0.2, 0.25) is 0 Å². The molecular weight excluding hydrogens is 428 g/mol. The molecule has 2 amide bonds. The maximum absolute atomic E-state index is 13.0. The van der Waals surface area contributed by atoms with Gasteiger partial charge in [0.1, 0.15) is 5.52 Å². The molecule has 2 aromatic rings. The zero-order valence-electron chi connectivity index (χ0n) is 18.7. The predicted octanol–water partition coefficient (Wildman–Crippen LogP) is 4.32. The van der Waals surface area contributed by atoms with Gasteiger partial charge in [-0.25, -0.2) is 14.8 Å². The molecule has 9 heteroatoms. The van der Waals surface area contributed by atoms with E-state index < -0.39 is 0 Å². The molecular formula is C23H30N4O4S. The smallest absolute Gasteiger partial charge is 0.323 e. The maximum Gasteiger partial charge on any atom is 0.323 e. The molecule has 2 aliphatic heterocycles. The summed E-state index contributed by atoms with van der Waals surface area (Å²) >= 11 is 1.48. The minimum atomic E-state index is -0.0974. The van der Waals surface area contributed by atoms with Gasteiger partial charge >= 0.3 is 6.03 Å². The summed E-state index contributed by atoms with van der Waals surface area (Å²) in [4.78, 5) is 24.1. The van der Waals surface area contributed by atoms with Crippen LogP contribution in [0.4, 0.5) is 9.93 Å². The number of hydrogen-bond acceptors (Lipinski definition) is 7. The highest BCUT2D eigenvalue weighted by Gasteiger charge is 2.41. The van der Waals surface area contributed by atoms with E-state index in [4.69, 9.17) is 14.2 Å². The molecule has 0 saturated carbocycles. The number of rotatable bonds is 4. The lowest BCUT2D eigenvalue weighted by molar-refractivity contribution is -0.000213. The molecule has 0 radical (unpaired) electrons. The topological polar surface area (TPSA) is 85.8 Å². The third-order valence-electron chi connectivity index (χ3n) is 6.96. The van der Waals surface area contributed by atoms with Gasteiger partial charge in [0, 0.05) is 44.0 Å². The van der Waals surface area contributed by atoms with Crippen molar-refractivity contribution in [3.05, 3.63) is 17.8 Å². The number of carbonyl (C=O) groups excluding carboxylic acids is 1. The Morgan fingerprint density at radius 2 is 2.28 bits per heavy atom. The molecule has 1 unspecified atom stereocenters. The molecule has 2 fully saturated rings. The van der Waals surface area contributed by atoms with Crippen molar-refractivity contribution in [3.63, 3.8) is 0 Å². The number of ether oxygens (including phenoxy) is 3. The average molecular weight is 459 g/mol. The number of carbonyl (C=O) groups is 1. The van der Waals surface area contributed by atoms with Crippen molar-refractivity contribution < 1.29 is 19.0 Å². The molecule has 1 spiro atoms. The van der Waals surface area contributed by atoms with E-state index in [9.17, 15) is 4.79 Å². The quantitative estimate of drug-likeness (QED) is 0.735. The lowest BCUT2D eigenvalue weighted by Gasteiger charge is -2.32. The number of nitrogens with zero attached hydrogens (tertiary/aromatic N) is 3. The fraction of sp³-hybridized carbons (Fsp3) is 0.609. The Kier molecular flexibility index (Phi) is 6.05. The van der Waals surface area contributed by atoms with Gasteiger partial charge in [0.05, 0.1) is 24.5 Å². The normalized spacial score (nSPS) is 25.9. The minimum absolute atomic E-state index is 0.0974. The van der Waals surface area contributed by atoms with Crippen LogP contribution in [0.25, 0.3) is 15.8 Å². The summed E-state index contributed by atoms with van der Waals surface area (Å²) in [6.45, 7) is 3.08. The molecule has 32 heavy (non-hydrogen) atoms. The molecule has 1 N–H and O–H groups in total. The summed E-state index contributed by atoms with van der Waals surface area (Å²) in [6.07, 6.45) is 10.4. The third-order valence-corrected chi connectivity index (χ3v) is 7.97. The lowest BCUT2D eigenvalue weighted by Crippen LogP contribution is -2.38. The van der Waals surface area contributed by atoms with Crippen molar-refractivity contribution in [1.82, 2.24) is 14.9 Å². The summed E-state index contributed by atoms with van der Waals surface area (Å²) in [5.41, 5.74) is 3.13. The molecule has 0 bridgehead atoms. The summed E-state index contributed by atoms with van der Waals surface area (Å²) in [6, 6.07) is -0.0974. The Labute approximate surface area is 192 Å². The van der Waals surface area contributed by atoms with Gasteiger partial charge in [-0.3, -0.25) is 5.32 Å². The molecule has 1 aliphatic carbocycles. The number of methoxy groups -OCH3 is 2. The van der Waals surface area contributed by atoms with E-state index in [0.717, 1.165) is 75.1 Å². The van der Waals surface area contributed by atoms with Gasteiger partial charge in [0.2, 0.25) is 5.88 Å². The van der Waals surface area contributed by atoms with E-state index in [-0.39, 0.29) is 17.6 Å². The van der Waals surface area contributed by atoms with Gasteiger partial charge in [-0.1, -0.05) is 17.4 Å². The standard InChI is InChI=1S/C23H30N4O4S/c1-29-16-6-4-15(5-7-16)17-12-24-20(30-2)18-19(17)32-21(25-18)26-22(28)27-10-9-23(13-27)8-3-11-31-14-23/h4,12,16H,3,5-11,13-14H2,1-2H3,(H,25,26,28)/t16?,23-/m1/s1. The monoisotopic (exact) mass is 458 g/mol. The number of nitrogens with one attached hydrogen (secondary N) is 1. The van der Waals surface area contributed by atoms with E-state index >= 15 is 0 Å². The number of anilines is 1. The lowest BCUT2D eigenvalue weighted by atomic mass is 9.82. The van der Waals surface area contributed by atoms with Crippen LogP contribution in [-0.4, -0.2) is 67.5 Å². The Hall–Kier alpha value is -2.23. The number of allylic oxidation sites excluding steroid dienone is 1. The highest BCUT2D eigenvalue weighted by molar-refractivity contribution is 7.22. The van der Waals surface area contributed by atoms with Crippen molar-refractivity contribution >= 4 is 38.3 Å². The number of aromatic nitrogens is 2. The second kappa shape index (κ2) is 8.96. The van der Waals surface area contributed by atoms with E-state index in [0.29, 0.717) is 16.5 Å². The van der Waals surface area contributed by atoms with Crippen molar-refractivity contribution in [2.75, 3.05) is 45.8 Å². The number of amides is 2. The van der Waals surface area contributed by atoms with Gasteiger partial charge in [-0.05, 0) is 44.1 Å². The third kappa shape index (κ3) is 4.09. The van der Waals surface area contributed by atoms with Crippen LogP contribution in [0.3, 0.4) is 0 Å². The number of hydrogen-bond donors (Lipinski definition) is 1. The molecule has 8 nitrogen and oxygen atoms in total. The molecule has 172 valence electrons. The second-order valence-corrected chi connectivity index (χ2v) is 10.00. The molecule has 2 atom stereocenters. The summed E-state index contributed by atoms with van der Waals surface area (Å²) < 4.78 is 17.6. The van der Waals surface area contributed by atoms with Crippen molar-refractivity contribution in [2.24, 2.45) is 5.41 Å². The highest BCUT2D eigenvalue weighted by Crippen LogP contribution is 2.40. The fourth-order valence-electron chi connectivity index (χ4n) is 5.10. The van der Waals surface area contributed by atoms with E-state index in [1.807, 2.05) is 11.1 Å². The summed E-state index contributed by atoms with van der Waals surface area (Å²) in [5, 5.41) is 3.60. The van der Waals surface area contributed by atoms with Gasteiger partial charge in [0.15, 0.2) is 5.13 Å². The highest BCUT2D eigenvalue weighted by atomic mass is 32.1. The van der Waals surface area contributed by atoms with Crippen LogP contribution in [0.1, 0.15) is 44.1 Å². The number of urea groups is 1. The van der Waals surface area contributed by atoms with Gasteiger partial charge in [-0.2, -0.15) is 0 Å². The molecule has 2 saturated heterocycles. The molecule has 4 heterocycles. The number of likely N-dealkylation sites (tertiary alicyclic amines) is 1. The second-order valence-electron chi connectivity index (χ2n) is 9.00. The molecule has 5 rings (SSSR count). The van der Waals surface area contributed by atoms with Crippen molar-refractivity contribution in [3.8, 4) is 5.88 Å². The molecule has 0 aromatic carbocycles. The predicted molar refractivity (Wildman–Crippen MR) is 124 cm³/mol. The van der Waals surface area contributed by atoms with Crippen LogP contribution < -0.4 is 10.1 Å². The van der Waals surface area contributed by atoms with Crippen LogP contribution in [-0.2, 0) is 9.47 Å². The Bertz CT molecular complexity index is 1030. The van der Waals surface area contributed by atoms with Gasteiger partial charge in [0.25, 0.3) is 0 Å². The first kappa shape index (κ1) is 21.6. The molecule has 3 aliphatic rings. The van der Waals surface area contributed by atoms with Crippen molar-refractivity contribution in [1.29, 1.82) is 0 Å². The number of thiazole rings is 1. The fourth-order valence-corrected chi connectivity index (χ4v) is 6.09. The zero-order valence-corrected chi connectivity index (χ0v) is 19.5. The van der Waals surface area contributed by atoms with E-state index in [1.54, 1.807) is 14.2 Å². The van der Waals surface area contributed by atoms with Gasteiger partial charge < -0.3 is 19.1 Å². The first-order valence-corrected chi connectivity index (χ1v) is 12.1. The van der Waals surface area contributed by atoms with Gasteiger partial charge in [-0.15, -0.1) is 0 Å². The Morgan fingerprint density at radius 3 is 3.00 bits per heavy atom. The van der Waals surface area contributed by atoms with Crippen LogP contribution >= 0.6 is 11.3 Å².